The SMILES string of the molecule is C=C(COCc1ccccc1)C1CC23CC[NH+]1CC2OC3(c1ccccc1)c1ccccc1. The highest BCUT2D eigenvalue weighted by Gasteiger charge is 2.74. The fourth-order valence-corrected chi connectivity index (χ4v) is 6.74. The highest BCUT2D eigenvalue weighted by Crippen LogP contribution is 2.65. The van der Waals surface area contributed by atoms with Gasteiger partial charge in [0.2, 0.25) is 0 Å². The summed E-state index contributed by atoms with van der Waals surface area (Å²) in [4.78, 5) is 1.62. The van der Waals surface area contributed by atoms with E-state index in [0.29, 0.717) is 25.4 Å². The van der Waals surface area contributed by atoms with Gasteiger partial charge in [-0.05, 0) is 16.7 Å². The van der Waals surface area contributed by atoms with E-state index in [9.17, 15) is 0 Å². The van der Waals surface area contributed by atoms with Crippen molar-refractivity contribution >= 4 is 0 Å². The number of piperidine rings is 3. The molecule has 3 heteroatoms. The summed E-state index contributed by atoms with van der Waals surface area (Å²) < 4.78 is 13.0. The second-order valence-corrected chi connectivity index (χ2v) is 9.93. The monoisotopic (exact) mass is 438 g/mol. The zero-order chi connectivity index (χ0) is 22.3. The summed E-state index contributed by atoms with van der Waals surface area (Å²) in [5.41, 5.74) is 4.71. The van der Waals surface area contributed by atoms with Gasteiger partial charge in [-0.2, -0.15) is 0 Å². The fourth-order valence-electron chi connectivity index (χ4n) is 6.74. The van der Waals surface area contributed by atoms with Gasteiger partial charge in [0.25, 0.3) is 0 Å². The Morgan fingerprint density at radius 1 is 0.909 bits per heavy atom. The average molecular weight is 439 g/mol. The van der Waals surface area contributed by atoms with Gasteiger partial charge in [0, 0.05) is 18.4 Å². The van der Waals surface area contributed by atoms with Gasteiger partial charge in [0.05, 0.1) is 25.2 Å². The molecular formula is C30H32NO2+. The molecule has 0 saturated carbocycles. The predicted molar refractivity (Wildman–Crippen MR) is 130 cm³/mol. The Balaban J connectivity index is 1.27. The molecule has 3 aromatic rings. The quantitative estimate of drug-likeness (QED) is 0.560. The maximum absolute atomic E-state index is 6.91. The van der Waals surface area contributed by atoms with Crippen LogP contribution in [0.4, 0.5) is 0 Å². The summed E-state index contributed by atoms with van der Waals surface area (Å²) in [6.45, 7) is 8.00. The number of rotatable bonds is 7. The van der Waals surface area contributed by atoms with E-state index in [-0.39, 0.29) is 11.0 Å². The number of ether oxygens (including phenoxy) is 2. The van der Waals surface area contributed by atoms with Gasteiger partial charge in [-0.25, -0.2) is 0 Å². The first-order valence-electron chi connectivity index (χ1n) is 12.2. The van der Waals surface area contributed by atoms with Crippen molar-refractivity contribution < 1.29 is 14.4 Å². The molecule has 0 amide bonds. The van der Waals surface area contributed by atoms with Crippen molar-refractivity contribution in [3.05, 3.63) is 120 Å². The molecule has 4 atom stereocenters. The number of fused-ring (bicyclic) bond motifs is 2. The van der Waals surface area contributed by atoms with E-state index in [0.717, 1.165) is 13.0 Å². The van der Waals surface area contributed by atoms with Crippen LogP contribution in [-0.4, -0.2) is 31.8 Å². The lowest BCUT2D eigenvalue weighted by Crippen LogP contribution is -3.22. The molecule has 7 rings (SSSR count). The minimum atomic E-state index is -0.379. The van der Waals surface area contributed by atoms with Crippen molar-refractivity contribution in [3.8, 4) is 0 Å². The predicted octanol–water partition coefficient (Wildman–Crippen LogP) is 4.15. The normalized spacial score (nSPS) is 29.2. The molecule has 3 aromatic carbocycles. The van der Waals surface area contributed by atoms with Crippen LogP contribution in [0.5, 0.6) is 0 Å². The smallest absolute Gasteiger partial charge is 0.128 e. The maximum Gasteiger partial charge on any atom is 0.128 e. The number of nitrogens with one attached hydrogen (secondary N) is 1. The van der Waals surface area contributed by atoms with E-state index in [1.165, 1.54) is 35.2 Å². The Bertz CT molecular complexity index is 1070. The zero-order valence-corrected chi connectivity index (χ0v) is 19.1. The Labute approximate surface area is 196 Å². The third-order valence-electron chi connectivity index (χ3n) is 8.29. The van der Waals surface area contributed by atoms with Crippen LogP contribution in [0.15, 0.2) is 103 Å². The molecule has 1 spiro atoms. The van der Waals surface area contributed by atoms with Crippen LogP contribution in [0.1, 0.15) is 29.5 Å². The van der Waals surface area contributed by atoms with Gasteiger partial charge in [-0.1, -0.05) is 97.6 Å². The maximum atomic E-state index is 6.91. The summed E-state index contributed by atoms with van der Waals surface area (Å²) in [6.07, 6.45) is 2.59. The summed E-state index contributed by atoms with van der Waals surface area (Å²) >= 11 is 0. The lowest BCUT2D eigenvalue weighted by Gasteiger charge is -2.70. The first kappa shape index (κ1) is 20.9. The average Bonchev–Trinajstić information content (AvgIpc) is 2.87. The largest absolute Gasteiger partial charge is 0.372 e. The number of quaternary nitrogens is 1. The molecule has 168 valence electrons. The van der Waals surface area contributed by atoms with Gasteiger partial charge in [-0.15, -0.1) is 0 Å². The molecule has 2 bridgehead atoms. The van der Waals surface area contributed by atoms with Gasteiger partial charge in [0.15, 0.2) is 0 Å². The fraction of sp³-hybridized carbons (Fsp3) is 0.333. The van der Waals surface area contributed by atoms with E-state index in [1.54, 1.807) is 4.90 Å². The van der Waals surface area contributed by atoms with Crippen LogP contribution in [-0.2, 0) is 21.7 Å². The van der Waals surface area contributed by atoms with Crippen LogP contribution in [0, 0.1) is 5.41 Å². The molecule has 1 N–H and O–H groups in total. The molecule has 4 saturated heterocycles. The van der Waals surface area contributed by atoms with Gasteiger partial charge >= 0.3 is 0 Å². The van der Waals surface area contributed by atoms with Crippen LogP contribution < -0.4 is 4.90 Å². The van der Waals surface area contributed by atoms with Crippen molar-refractivity contribution in [3.63, 3.8) is 0 Å². The number of hydrogen-bond acceptors (Lipinski definition) is 2. The van der Waals surface area contributed by atoms with Gasteiger partial charge in [0.1, 0.15) is 24.3 Å². The number of hydrogen-bond donors (Lipinski definition) is 1. The molecule has 4 aliphatic rings. The molecule has 33 heavy (non-hydrogen) atoms. The summed E-state index contributed by atoms with van der Waals surface area (Å²) in [5.74, 6) is 0. The summed E-state index contributed by atoms with van der Waals surface area (Å²) in [6, 6.07) is 32.6. The minimum absolute atomic E-state index is 0.102. The summed E-state index contributed by atoms with van der Waals surface area (Å²) in [5, 5.41) is 0. The topological polar surface area (TPSA) is 22.9 Å². The Kier molecular flexibility index (Phi) is 5.21. The highest BCUT2D eigenvalue weighted by atomic mass is 16.5. The molecular weight excluding hydrogens is 406 g/mol. The molecule has 3 nitrogen and oxygen atoms in total. The standard InChI is InChI=1S/C30H31NO2/c1-23(21-32-22-24-11-5-2-6-12-24)27-19-29-17-18-31(27)20-28(29)33-30(29,25-13-7-3-8-14-25)26-15-9-4-10-16-26/h2-16,27-28H,1,17-22H2/p+1. The van der Waals surface area contributed by atoms with E-state index in [1.807, 2.05) is 6.07 Å². The second-order valence-electron chi connectivity index (χ2n) is 9.93. The first-order valence-corrected chi connectivity index (χ1v) is 12.2. The molecule has 4 aliphatic heterocycles. The van der Waals surface area contributed by atoms with Crippen LogP contribution in [0.25, 0.3) is 0 Å². The Morgan fingerprint density at radius 3 is 2.12 bits per heavy atom. The van der Waals surface area contributed by atoms with E-state index >= 15 is 0 Å². The lowest BCUT2D eigenvalue weighted by molar-refractivity contribution is -0.951. The molecule has 4 heterocycles. The van der Waals surface area contributed by atoms with Gasteiger partial charge in [-0.3, -0.25) is 0 Å². The molecule has 0 aromatic heterocycles. The van der Waals surface area contributed by atoms with Crippen molar-refractivity contribution in [2.75, 3.05) is 19.7 Å². The van der Waals surface area contributed by atoms with Crippen molar-refractivity contribution in [2.24, 2.45) is 5.41 Å². The third-order valence-corrected chi connectivity index (χ3v) is 8.29. The Hall–Kier alpha value is -2.72. The van der Waals surface area contributed by atoms with Crippen molar-refractivity contribution in [1.29, 1.82) is 0 Å². The highest BCUT2D eigenvalue weighted by molar-refractivity contribution is 5.44. The van der Waals surface area contributed by atoms with E-state index in [2.05, 4.69) is 91.5 Å². The van der Waals surface area contributed by atoms with Crippen LogP contribution >= 0.6 is 0 Å². The van der Waals surface area contributed by atoms with E-state index < -0.39 is 0 Å². The first-order chi connectivity index (χ1) is 16.2. The van der Waals surface area contributed by atoms with E-state index in [4.69, 9.17) is 9.47 Å². The van der Waals surface area contributed by atoms with Crippen molar-refractivity contribution in [2.45, 2.75) is 37.2 Å². The van der Waals surface area contributed by atoms with Crippen LogP contribution in [0.3, 0.4) is 0 Å². The zero-order valence-electron chi connectivity index (χ0n) is 19.1. The lowest BCUT2D eigenvalue weighted by atomic mass is 9.49. The Morgan fingerprint density at radius 2 is 1.52 bits per heavy atom. The van der Waals surface area contributed by atoms with Crippen LogP contribution in [0.2, 0.25) is 0 Å². The van der Waals surface area contributed by atoms with Gasteiger partial charge < -0.3 is 14.4 Å². The molecule has 4 unspecified atom stereocenters. The second kappa shape index (κ2) is 8.25. The molecule has 0 aliphatic carbocycles. The van der Waals surface area contributed by atoms with Crippen molar-refractivity contribution in [1.82, 2.24) is 0 Å². The summed E-state index contributed by atoms with van der Waals surface area (Å²) in [7, 11) is 0. The minimum Gasteiger partial charge on any atom is -0.372 e. The number of benzene rings is 3. The molecule has 4 fully saturated rings. The molecule has 0 radical (unpaired) electrons. The third kappa shape index (κ3) is 3.22.